The fraction of sp³-hybridized carbons (Fsp3) is 0.409. The second-order valence-electron chi connectivity index (χ2n) is 7.92. The standard InChI is InChI=1S/C22H26N8O2S2/c1-3-31-16-8-6-15(7-9-16)30-19(23-25-21(30)33)14-34-22-26-24-20(18-10-11-28(2)27-18)29(22)13-17-5-4-12-32-17/h6-11,17H,3-5,12-14H2,1-2H3,(H,25,33)/t17-/m0/s1. The van der Waals surface area contributed by atoms with Crippen LogP contribution in [-0.4, -0.2) is 58.6 Å². The second kappa shape index (κ2) is 10.1. The summed E-state index contributed by atoms with van der Waals surface area (Å²) in [6, 6.07) is 9.76. The first-order valence-corrected chi connectivity index (χ1v) is 12.6. The molecule has 1 aliphatic rings. The van der Waals surface area contributed by atoms with Gasteiger partial charge in [0.15, 0.2) is 15.8 Å². The van der Waals surface area contributed by atoms with Crippen molar-refractivity contribution in [2.24, 2.45) is 7.05 Å². The molecular weight excluding hydrogens is 472 g/mol. The van der Waals surface area contributed by atoms with E-state index >= 15 is 0 Å². The molecule has 5 rings (SSSR count). The van der Waals surface area contributed by atoms with E-state index in [9.17, 15) is 0 Å². The van der Waals surface area contributed by atoms with Gasteiger partial charge in [0.25, 0.3) is 0 Å². The Bertz CT molecular complexity index is 1300. The Balaban J connectivity index is 1.40. The minimum Gasteiger partial charge on any atom is -0.494 e. The number of H-pyrrole nitrogens is 1. The molecule has 34 heavy (non-hydrogen) atoms. The summed E-state index contributed by atoms with van der Waals surface area (Å²) in [5.41, 5.74) is 1.71. The van der Waals surface area contributed by atoms with Gasteiger partial charge < -0.3 is 9.47 Å². The van der Waals surface area contributed by atoms with E-state index in [1.807, 2.05) is 55.1 Å². The number of nitrogens with zero attached hydrogens (tertiary/aromatic N) is 7. The molecule has 0 unspecified atom stereocenters. The molecule has 12 heteroatoms. The van der Waals surface area contributed by atoms with Gasteiger partial charge in [-0.2, -0.15) is 10.2 Å². The van der Waals surface area contributed by atoms with Crippen molar-refractivity contribution in [1.29, 1.82) is 0 Å². The molecule has 1 saturated heterocycles. The van der Waals surface area contributed by atoms with Gasteiger partial charge in [-0.1, -0.05) is 11.8 Å². The average Bonchev–Trinajstić information content (AvgIpc) is 3.63. The SMILES string of the molecule is CCOc1ccc(-n2c(CSc3nnc(-c4ccn(C)n4)n3C[C@@H]3CCCO3)n[nH]c2=S)cc1. The number of aryl methyl sites for hydroxylation is 1. The van der Waals surface area contributed by atoms with Gasteiger partial charge in [-0.15, -0.1) is 10.2 Å². The summed E-state index contributed by atoms with van der Waals surface area (Å²) in [6.07, 6.45) is 4.16. The molecule has 1 aromatic carbocycles. The topological polar surface area (TPSA) is 101 Å². The lowest BCUT2D eigenvalue weighted by atomic mass is 10.2. The first-order chi connectivity index (χ1) is 16.6. The van der Waals surface area contributed by atoms with Crippen LogP contribution in [0.5, 0.6) is 5.75 Å². The van der Waals surface area contributed by atoms with Crippen LogP contribution in [0.1, 0.15) is 25.6 Å². The first-order valence-electron chi connectivity index (χ1n) is 11.2. The van der Waals surface area contributed by atoms with Crippen molar-refractivity contribution in [3.05, 3.63) is 47.1 Å². The Hall–Kier alpha value is -2.96. The zero-order valence-electron chi connectivity index (χ0n) is 19.0. The maximum atomic E-state index is 5.89. The van der Waals surface area contributed by atoms with Gasteiger partial charge in [-0.05, 0) is 62.3 Å². The van der Waals surface area contributed by atoms with Crippen molar-refractivity contribution in [3.63, 3.8) is 0 Å². The van der Waals surface area contributed by atoms with Gasteiger partial charge in [0, 0.05) is 25.5 Å². The molecule has 0 aliphatic carbocycles. The van der Waals surface area contributed by atoms with Crippen molar-refractivity contribution in [2.75, 3.05) is 13.2 Å². The number of hydrogen-bond donors (Lipinski definition) is 1. The summed E-state index contributed by atoms with van der Waals surface area (Å²) in [5.74, 6) is 2.92. The minimum absolute atomic E-state index is 0.149. The van der Waals surface area contributed by atoms with Crippen LogP contribution in [0.25, 0.3) is 17.2 Å². The largest absolute Gasteiger partial charge is 0.494 e. The quantitative estimate of drug-likeness (QED) is 0.275. The van der Waals surface area contributed by atoms with Gasteiger partial charge in [0.2, 0.25) is 0 Å². The lowest BCUT2D eigenvalue weighted by molar-refractivity contribution is 0.0953. The molecule has 10 nitrogen and oxygen atoms in total. The molecule has 1 aliphatic heterocycles. The molecule has 1 N–H and O–H groups in total. The molecule has 3 aromatic heterocycles. The summed E-state index contributed by atoms with van der Waals surface area (Å²) in [5, 5.41) is 21.6. The molecule has 0 spiro atoms. The normalized spacial score (nSPS) is 15.8. The van der Waals surface area contributed by atoms with Gasteiger partial charge >= 0.3 is 0 Å². The molecule has 4 aromatic rings. The van der Waals surface area contributed by atoms with E-state index in [0.717, 1.165) is 53.4 Å². The molecule has 0 amide bonds. The van der Waals surface area contributed by atoms with Crippen LogP contribution < -0.4 is 4.74 Å². The highest BCUT2D eigenvalue weighted by atomic mass is 32.2. The van der Waals surface area contributed by atoms with Crippen molar-refractivity contribution in [3.8, 4) is 23.0 Å². The highest BCUT2D eigenvalue weighted by molar-refractivity contribution is 7.98. The Morgan fingerprint density at radius 2 is 2.09 bits per heavy atom. The Morgan fingerprint density at radius 1 is 1.24 bits per heavy atom. The van der Waals surface area contributed by atoms with Crippen LogP contribution in [0.15, 0.2) is 41.7 Å². The number of hydrogen-bond acceptors (Lipinski definition) is 8. The number of aromatic nitrogens is 8. The van der Waals surface area contributed by atoms with E-state index in [-0.39, 0.29) is 6.10 Å². The Morgan fingerprint density at radius 3 is 2.79 bits per heavy atom. The summed E-state index contributed by atoms with van der Waals surface area (Å²) in [4.78, 5) is 0. The fourth-order valence-corrected chi connectivity index (χ4v) is 5.08. The predicted molar refractivity (Wildman–Crippen MR) is 131 cm³/mol. The van der Waals surface area contributed by atoms with Gasteiger partial charge in [-0.3, -0.25) is 18.9 Å². The third kappa shape index (κ3) is 4.79. The van der Waals surface area contributed by atoms with Gasteiger partial charge in [0.1, 0.15) is 17.3 Å². The van der Waals surface area contributed by atoms with Crippen molar-refractivity contribution in [2.45, 2.75) is 43.3 Å². The van der Waals surface area contributed by atoms with E-state index < -0.39 is 0 Å². The lowest BCUT2D eigenvalue weighted by Gasteiger charge is -2.14. The summed E-state index contributed by atoms with van der Waals surface area (Å²) < 4.78 is 17.8. The molecule has 0 bridgehead atoms. The smallest absolute Gasteiger partial charge is 0.199 e. The molecule has 4 heterocycles. The van der Waals surface area contributed by atoms with Gasteiger partial charge in [0.05, 0.1) is 25.0 Å². The summed E-state index contributed by atoms with van der Waals surface area (Å²) in [6.45, 7) is 4.07. The second-order valence-corrected chi connectivity index (χ2v) is 9.25. The fourth-order valence-electron chi connectivity index (χ4n) is 3.96. The number of benzene rings is 1. The zero-order valence-corrected chi connectivity index (χ0v) is 20.7. The third-order valence-electron chi connectivity index (χ3n) is 5.55. The van der Waals surface area contributed by atoms with E-state index in [1.54, 1.807) is 16.4 Å². The van der Waals surface area contributed by atoms with Crippen molar-refractivity contribution in [1.82, 2.24) is 39.3 Å². The summed E-state index contributed by atoms with van der Waals surface area (Å²) >= 11 is 7.07. The van der Waals surface area contributed by atoms with Crippen LogP contribution in [0.3, 0.4) is 0 Å². The van der Waals surface area contributed by atoms with Crippen LogP contribution in [-0.2, 0) is 24.1 Å². The number of thioether (sulfide) groups is 1. The molecular formula is C22H26N8O2S2. The number of aromatic amines is 1. The van der Waals surface area contributed by atoms with Crippen molar-refractivity contribution >= 4 is 24.0 Å². The van der Waals surface area contributed by atoms with E-state index in [1.165, 1.54) is 0 Å². The minimum atomic E-state index is 0.149. The monoisotopic (exact) mass is 498 g/mol. The predicted octanol–water partition coefficient (Wildman–Crippen LogP) is 3.79. The number of nitrogens with one attached hydrogen (secondary N) is 1. The van der Waals surface area contributed by atoms with E-state index in [4.69, 9.17) is 21.7 Å². The summed E-state index contributed by atoms with van der Waals surface area (Å²) in [7, 11) is 1.89. The average molecular weight is 499 g/mol. The van der Waals surface area contributed by atoms with Crippen LogP contribution in [0, 0.1) is 4.77 Å². The van der Waals surface area contributed by atoms with Gasteiger partial charge in [-0.25, -0.2) is 0 Å². The molecule has 0 radical (unpaired) electrons. The molecule has 1 atom stereocenters. The zero-order chi connectivity index (χ0) is 23.5. The number of ether oxygens (including phenoxy) is 2. The van der Waals surface area contributed by atoms with Crippen LogP contribution in [0.2, 0.25) is 0 Å². The number of rotatable bonds is 9. The highest BCUT2D eigenvalue weighted by Gasteiger charge is 2.23. The van der Waals surface area contributed by atoms with Crippen LogP contribution >= 0.6 is 24.0 Å². The van der Waals surface area contributed by atoms with Crippen LogP contribution in [0.4, 0.5) is 0 Å². The maximum absolute atomic E-state index is 5.89. The maximum Gasteiger partial charge on any atom is 0.199 e. The molecule has 178 valence electrons. The Labute approximate surface area is 206 Å². The molecule has 0 saturated carbocycles. The lowest BCUT2D eigenvalue weighted by Crippen LogP contribution is -2.17. The Kier molecular flexibility index (Phi) is 6.79. The first kappa shape index (κ1) is 22.8. The van der Waals surface area contributed by atoms with E-state index in [2.05, 4.69) is 30.1 Å². The molecule has 1 fully saturated rings. The van der Waals surface area contributed by atoms with Crippen molar-refractivity contribution < 1.29 is 9.47 Å². The highest BCUT2D eigenvalue weighted by Crippen LogP contribution is 2.28. The van der Waals surface area contributed by atoms with E-state index in [0.29, 0.717) is 23.7 Å². The third-order valence-corrected chi connectivity index (χ3v) is 6.78.